The van der Waals surface area contributed by atoms with Crippen LogP contribution in [0, 0.1) is 0 Å². The predicted octanol–water partition coefficient (Wildman–Crippen LogP) is 2.23. The maximum atomic E-state index is 12.9. The zero-order chi connectivity index (χ0) is 20.3. The molecule has 7 nitrogen and oxygen atoms in total. The van der Waals surface area contributed by atoms with Gasteiger partial charge in [-0.15, -0.1) is 0 Å². The lowest BCUT2D eigenvalue weighted by Crippen LogP contribution is -2.43. The van der Waals surface area contributed by atoms with Crippen LogP contribution in [0.3, 0.4) is 0 Å². The Bertz CT molecular complexity index is 962. The van der Waals surface area contributed by atoms with Gasteiger partial charge in [-0.05, 0) is 36.2 Å². The van der Waals surface area contributed by atoms with Crippen molar-refractivity contribution in [2.45, 2.75) is 23.5 Å². The Labute approximate surface area is 168 Å². The third-order valence-electron chi connectivity index (χ3n) is 4.48. The Morgan fingerprint density at radius 3 is 2.36 bits per heavy atom. The zero-order valence-electron chi connectivity index (χ0n) is 14.9. The highest BCUT2D eigenvalue weighted by atomic mass is 32.2. The molecule has 0 radical (unpaired) electrons. The molecule has 148 valence electrons. The molecular formula is C19H20N2O5S2. The fourth-order valence-corrected chi connectivity index (χ4v) is 5.36. The van der Waals surface area contributed by atoms with E-state index in [1.165, 1.54) is 28.6 Å². The second-order valence-electron chi connectivity index (χ2n) is 6.59. The molecule has 0 aromatic heterocycles. The minimum Gasteiger partial charge on any atom is -0.478 e. The minimum absolute atomic E-state index is 0.0985. The monoisotopic (exact) mass is 420 g/mol. The summed E-state index contributed by atoms with van der Waals surface area (Å²) < 4.78 is 27.0. The molecule has 1 amide bonds. The molecule has 1 saturated heterocycles. The third kappa shape index (κ3) is 4.73. The van der Waals surface area contributed by atoms with Crippen LogP contribution in [-0.4, -0.2) is 47.5 Å². The van der Waals surface area contributed by atoms with Crippen LogP contribution in [0.15, 0.2) is 54.6 Å². The summed E-state index contributed by atoms with van der Waals surface area (Å²) in [6.45, 7) is 0.161. The Morgan fingerprint density at radius 2 is 1.75 bits per heavy atom. The van der Waals surface area contributed by atoms with E-state index in [1.807, 2.05) is 6.07 Å². The average molecular weight is 421 g/mol. The number of carbonyl (C=O) groups is 2. The number of anilines is 1. The number of nitrogens with zero attached hydrogens (tertiary/aromatic N) is 1. The SMILES string of the molecule is O=C(O)c1ccc(NC(=O)C2CC(S)CN2S(=O)(=O)Cc2ccccc2)cc1. The summed E-state index contributed by atoms with van der Waals surface area (Å²) in [4.78, 5) is 23.6. The maximum absolute atomic E-state index is 12.9. The highest BCUT2D eigenvalue weighted by Crippen LogP contribution is 2.28. The first-order valence-corrected chi connectivity index (χ1v) is 10.7. The summed E-state index contributed by atoms with van der Waals surface area (Å²) in [6.07, 6.45) is 0.302. The van der Waals surface area contributed by atoms with E-state index in [0.29, 0.717) is 17.7 Å². The molecule has 0 bridgehead atoms. The Kier molecular flexibility index (Phi) is 6.07. The molecule has 2 unspecified atom stereocenters. The first-order valence-electron chi connectivity index (χ1n) is 8.62. The van der Waals surface area contributed by atoms with Gasteiger partial charge in [0.2, 0.25) is 15.9 Å². The number of amides is 1. The highest BCUT2D eigenvalue weighted by molar-refractivity contribution is 7.88. The van der Waals surface area contributed by atoms with E-state index in [-0.39, 0.29) is 23.1 Å². The van der Waals surface area contributed by atoms with E-state index in [1.54, 1.807) is 24.3 Å². The number of hydrogen-bond acceptors (Lipinski definition) is 5. The normalized spacial score (nSPS) is 20.0. The fourth-order valence-electron chi connectivity index (χ4n) is 3.12. The van der Waals surface area contributed by atoms with Crippen LogP contribution in [0.4, 0.5) is 5.69 Å². The van der Waals surface area contributed by atoms with E-state index in [4.69, 9.17) is 5.11 Å². The van der Waals surface area contributed by atoms with E-state index < -0.39 is 27.9 Å². The number of aromatic carboxylic acids is 1. The van der Waals surface area contributed by atoms with Crippen molar-refractivity contribution in [1.82, 2.24) is 4.31 Å². The Morgan fingerprint density at radius 1 is 1.11 bits per heavy atom. The van der Waals surface area contributed by atoms with E-state index in [9.17, 15) is 18.0 Å². The van der Waals surface area contributed by atoms with Gasteiger partial charge in [0, 0.05) is 17.5 Å². The van der Waals surface area contributed by atoms with Gasteiger partial charge in [0.05, 0.1) is 11.3 Å². The number of sulfonamides is 1. The minimum atomic E-state index is -3.70. The lowest BCUT2D eigenvalue weighted by Gasteiger charge is -2.23. The van der Waals surface area contributed by atoms with Gasteiger partial charge in [0.15, 0.2) is 0 Å². The number of hydrogen-bond donors (Lipinski definition) is 3. The standard InChI is InChI=1S/C19H20N2O5S2/c22-18(20-15-8-6-14(7-9-15)19(23)24)17-10-16(27)11-21(17)28(25,26)12-13-4-2-1-3-5-13/h1-9,16-17,27H,10-12H2,(H,20,22)(H,23,24). The van der Waals surface area contributed by atoms with Gasteiger partial charge in [0.25, 0.3) is 0 Å². The van der Waals surface area contributed by atoms with Crippen LogP contribution in [0.25, 0.3) is 0 Å². The number of benzene rings is 2. The molecule has 9 heteroatoms. The Balaban J connectivity index is 1.75. The molecule has 0 saturated carbocycles. The highest BCUT2D eigenvalue weighted by Gasteiger charge is 2.42. The number of carbonyl (C=O) groups excluding carboxylic acids is 1. The van der Waals surface area contributed by atoms with Gasteiger partial charge in [-0.2, -0.15) is 16.9 Å². The van der Waals surface area contributed by atoms with Crippen molar-refractivity contribution >= 4 is 40.2 Å². The smallest absolute Gasteiger partial charge is 0.335 e. The summed E-state index contributed by atoms with van der Waals surface area (Å²) in [6, 6.07) is 13.6. The van der Waals surface area contributed by atoms with Gasteiger partial charge in [-0.25, -0.2) is 13.2 Å². The third-order valence-corrected chi connectivity index (χ3v) is 6.68. The fraction of sp³-hybridized carbons (Fsp3) is 0.263. The Hall–Kier alpha value is -2.36. The molecule has 3 rings (SSSR count). The van der Waals surface area contributed by atoms with Gasteiger partial charge < -0.3 is 10.4 Å². The second kappa shape index (κ2) is 8.34. The zero-order valence-corrected chi connectivity index (χ0v) is 16.6. The number of carboxylic acid groups (broad SMARTS) is 1. The first-order chi connectivity index (χ1) is 13.3. The molecule has 1 aliphatic rings. The lowest BCUT2D eigenvalue weighted by atomic mass is 10.2. The van der Waals surface area contributed by atoms with Crippen molar-refractivity contribution in [1.29, 1.82) is 0 Å². The first kappa shape index (κ1) is 20.4. The predicted molar refractivity (Wildman–Crippen MR) is 109 cm³/mol. The van der Waals surface area contributed by atoms with Crippen molar-refractivity contribution in [2.24, 2.45) is 0 Å². The summed E-state index contributed by atoms with van der Waals surface area (Å²) in [7, 11) is -3.70. The van der Waals surface area contributed by atoms with Gasteiger partial charge in [-0.3, -0.25) is 4.79 Å². The maximum Gasteiger partial charge on any atom is 0.335 e. The van der Waals surface area contributed by atoms with E-state index in [0.717, 1.165) is 0 Å². The summed E-state index contributed by atoms with van der Waals surface area (Å²) in [5.41, 5.74) is 1.15. The van der Waals surface area contributed by atoms with Gasteiger partial charge >= 0.3 is 5.97 Å². The average Bonchev–Trinajstić information content (AvgIpc) is 3.06. The molecule has 1 fully saturated rings. The van der Waals surface area contributed by atoms with Crippen LogP contribution in [0.2, 0.25) is 0 Å². The molecular weight excluding hydrogens is 400 g/mol. The molecule has 1 heterocycles. The van der Waals surface area contributed by atoms with Crippen molar-refractivity contribution in [3.8, 4) is 0 Å². The van der Waals surface area contributed by atoms with Crippen molar-refractivity contribution in [2.75, 3.05) is 11.9 Å². The quantitative estimate of drug-likeness (QED) is 0.622. The van der Waals surface area contributed by atoms with Gasteiger partial charge in [0.1, 0.15) is 6.04 Å². The van der Waals surface area contributed by atoms with Crippen molar-refractivity contribution in [3.05, 3.63) is 65.7 Å². The topological polar surface area (TPSA) is 104 Å². The molecule has 1 aliphatic heterocycles. The van der Waals surface area contributed by atoms with Gasteiger partial charge in [-0.1, -0.05) is 30.3 Å². The molecule has 28 heavy (non-hydrogen) atoms. The van der Waals surface area contributed by atoms with Crippen molar-refractivity contribution in [3.63, 3.8) is 0 Å². The van der Waals surface area contributed by atoms with Crippen LogP contribution >= 0.6 is 12.6 Å². The summed E-state index contributed by atoms with van der Waals surface area (Å²) in [5, 5.41) is 11.4. The number of carboxylic acids is 1. The molecule has 0 aliphatic carbocycles. The molecule has 2 N–H and O–H groups in total. The summed E-state index contributed by atoms with van der Waals surface area (Å²) in [5.74, 6) is -1.72. The molecule has 2 aromatic carbocycles. The van der Waals surface area contributed by atoms with Crippen LogP contribution < -0.4 is 5.32 Å². The summed E-state index contributed by atoms with van der Waals surface area (Å²) >= 11 is 4.37. The van der Waals surface area contributed by atoms with E-state index in [2.05, 4.69) is 17.9 Å². The molecule has 0 spiro atoms. The molecule has 2 atom stereocenters. The van der Waals surface area contributed by atoms with E-state index >= 15 is 0 Å². The van der Waals surface area contributed by atoms with Crippen molar-refractivity contribution < 1.29 is 23.1 Å². The van der Waals surface area contributed by atoms with Crippen LogP contribution in [0.5, 0.6) is 0 Å². The second-order valence-corrected chi connectivity index (χ2v) is 9.24. The number of rotatable bonds is 6. The largest absolute Gasteiger partial charge is 0.478 e. The van der Waals surface area contributed by atoms with Crippen LogP contribution in [-0.2, 0) is 20.6 Å². The molecule has 2 aromatic rings. The number of thiol groups is 1. The number of nitrogens with one attached hydrogen (secondary N) is 1. The van der Waals surface area contributed by atoms with Crippen LogP contribution in [0.1, 0.15) is 22.3 Å². The lowest BCUT2D eigenvalue weighted by molar-refractivity contribution is -0.119.